The van der Waals surface area contributed by atoms with Gasteiger partial charge in [-0.15, -0.1) is 0 Å². The molecule has 6 heteroatoms. The third kappa shape index (κ3) is 2.42. The number of benzene rings is 1. The fourth-order valence-electron chi connectivity index (χ4n) is 1.50. The lowest BCUT2D eigenvalue weighted by Crippen LogP contribution is -2.07. The molecule has 0 atom stereocenters. The Bertz CT molecular complexity index is 561. The first-order chi connectivity index (χ1) is 8.38. The van der Waals surface area contributed by atoms with E-state index < -0.39 is 17.7 Å². The predicted molar refractivity (Wildman–Crippen MR) is 59.0 cm³/mol. The average molecular weight is 256 g/mol. The summed E-state index contributed by atoms with van der Waals surface area (Å²) < 4.78 is 50.0. The summed E-state index contributed by atoms with van der Waals surface area (Å²) in [5, 5.41) is 0. The molecule has 0 aliphatic carbocycles. The van der Waals surface area contributed by atoms with Crippen molar-refractivity contribution in [1.29, 1.82) is 0 Å². The molecular weight excluding hydrogens is 248 g/mol. The van der Waals surface area contributed by atoms with Crippen LogP contribution in [0.25, 0.3) is 11.1 Å². The van der Waals surface area contributed by atoms with Crippen molar-refractivity contribution in [2.75, 3.05) is 5.73 Å². The highest BCUT2D eigenvalue weighted by Crippen LogP contribution is 2.30. The van der Waals surface area contributed by atoms with Crippen LogP contribution in [-0.4, -0.2) is 4.98 Å². The number of nitrogens with two attached hydrogens (primary N) is 1. The number of aromatic nitrogens is 1. The standard InChI is InChI=1S/C12H8F4N2/c13-8-2-3-10(17)9(5-8)7-1-4-11(18-6-7)12(14,15)16/h1-6H,17H2. The molecule has 18 heavy (non-hydrogen) atoms. The lowest BCUT2D eigenvalue weighted by Gasteiger charge is -2.08. The maximum absolute atomic E-state index is 13.0. The number of pyridine rings is 1. The highest BCUT2D eigenvalue weighted by atomic mass is 19.4. The van der Waals surface area contributed by atoms with E-state index in [2.05, 4.69) is 4.98 Å². The van der Waals surface area contributed by atoms with Gasteiger partial charge in [-0.2, -0.15) is 13.2 Å². The number of nitrogen functional groups attached to an aromatic ring is 1. The van der Waals surface area contributed by atoms with Crippen molar-refractivity contribution < 1.29 is 17.6 Å². The Hall–Kier alpha value is -2.11. The second-order valence-electron chi connectivity index (χ2n) is 3.66. The van der Waals surface area contributed by atoms with Gasteiger partial charge in [0, 0.05) is 23.0 Å². The van der Waals surface area contributed by atoms with Crippen molar-refractivity contribution in [3.8, 4) is 11.1 Å². The van der Waals surface area contributed by atoms with Gasteiger partial charge in [0.1, 0.15) is 11.5 Å². The van der Waals surface area contributed by atoms with Gasteiger partial charge in [0.2, 0.25) is 0 Å². The van der Waals surface area contributed by atoms with Crippen LogP contribution in [-0.2, 0) is 6.18 Å². The Balaban J connectivity index is 2.43. The number of nitrogens with zero attached hydrogens (tertiary/aromatic N) is 1. The second-order valence-corrected chi connectivity index (χ2v) is 3.66. The molecule has 2 N–H and O–H groups in total. The van der Waals surface area contributed by atoms with Crippen molar-refractivity contribution in [3.05, 3.63) is 48.0 Å². The molecule has 0 saturated heterocycles. The van der Waals surface area contributed by atoms with Crippen LogP contribution in [0.2, 0.25) is 0 Å². The summed E-state index contributed by atoms with van der Waals surface area (Å²) in [6.07, 6.45) is -3.47. The zero-order valence-corrected chi connectivity index (χ0v) is 9.00. The van der Waals surface area contributed by atoms with E-state index >= 15 is 0 Å². The van der Waals surface area contributed by atoms with Crippen LogP contribution in [0.5, 0.6) is 0 Å². The fraction of sp³-hybridized carbons (Fsp3) is 0.0833. The number of hydrogen-bond acceptors (Lipinski definition) is 2. The van der Waals surface area contributed by atoms with Crippen molar-refractivity contribution in [3.63, 3.8) is 0 Å². The molecule has 0 saturated carbocycles. The summed E-state index contributed by atoms with van der Waals surface area (Å²) in [6.45, 7) is 0. The highest BCUT2D eigenvalue weighted by Gasteiger charge is 2.32. The zero-order valence-electron chi connectivity index (χ0n) is 9.00. The highest BCUT2D eigenvalue weighted by molar-refractivity contribution is 5.75. The van der Waals surface area contributed by atoms with Crippen LogP contribution in [0, 0.1) is 5.82 Å². The van der Waals surface area contributed by atoms with E-state index in [-0.39, 0.29) is 5.69 Å². The molecule has 0 spiro atoms. The van der Waals surface area contributed by atoms with Crippen LogP contribution >= 0.6 is 0 Å². The molecule has 0 bridgehead atoms. The van der Waals surface area contributed by atoms with Gasteiger partial charge >= 0.3 is 6.18 Å². The van der Waals surface area contributed by atoms with Gasteiger partial charge in [-0.25, -0.2) is 4.39 Å². The Kier molecular flexibility index (Phi) is 2.94. The van der Waals surface area contributed by atoms with Crippen LogP contribution < -0.4 is 5.73 Å². The third-order valence-corrected chi connectivity index (χ3v) is 2.38. The molecule has 0 aliphatic heterocycles. The number of rotatable bonds is 1. The van der Waals surface area contributed by atoms with Gasteiger partial charge in [0.05, 0.1) is 0 Å². The lowest BCUT2D eigenvalue weighted by atomic mass is 10.1. The topological polar surface area (TPSA) is 38.9 Å². The maximum atomic E-state index is 13.0. The van der Waals surface area contributed by atoms with Gasteiger partial charge in [-0.05, 0) is 24.3 Å². The van der Waals surface area contributed by atoms with Gasteiger partial charge in [-0.3, -0.25) is 4.98 Å². The number of anilines is 1. The first kappa shape index (κ1) is 12.3. The van der Waals surface area contributed by atoms with E-state index in [0.29, 0.717) is 11.1 Å². The zero-order chi connectivity index (χ0) is 13.3. The van der Waals surface area contributed by atoms with E-state index in [0.717, 1.165) is 18.3 Å². The molecule has 0 unspecified atom stereocenters. The van der Waals surface area contributed by atoms with Gasteiger partial charge in [0.15, 0.2) is 0 Å². The molecule has 0 aliphatic rings. The van der Waals surface area contributed by atoms with Crippen LogP contribution in [0.15, 0.2) is 36.5 Å². The van der Waals surface area contributed by atoms with E-state index in [9.17, 15) is 17.6 Å². The molecule has 2 rings (SSSR count). The maximum Gasteiger partial charge on any atom is 0.433 e. The SMILES string of the molecule is Nc1ccc(F)cc1-c1ccc(C(F)(F)F)nc1. The molecular formula is C12H8F4N2. The summed E-state index contributed by atoms with van der Waals surface area (Å²) in [7, 11) is 0. The minimum absolute atomic E-state index is 0.276. The summed E-state index contributed by atoms with van der Waals surface area (Å²) >= 11 is 0. The normalized spacial score (nSPS) is 11.6. The Morgan fingerprint density at radius 3 is 2.33 bits per heavy atom. The molecule has 94 valence electrons. The van der Waals surface area contributed by atoms with Crippen molar-refractivity contribution >= 4 is 5.69 Å². The molecule has 0 amide bonds. The summed E-state index contributed by atoms with van der Waals surface area (Å²) in [5.41, 5.74) is 5.55. The van der Waals surface area contributed by atoms with Crippen LogP contribution in [0.1, 0.15) is 5.69 Å². The van der Waals surface area contributed by atoms with E-state index in [1.807, 2.05) is 0 Å². The molecule has 1 aromatic carbocycles. The number of alkyl halides is 3. The number of hydrogen-bond donors (Lipinski definition) is 1. The summed E-state index contributed by atoms with van der Waals surface area (Å²) in [6, 6.07) is 5.72. The predicted octanol–water partition coefficient (Wildman–Crippen LogP) is 3.49. The minimum atomic E-state index is -4.49. The molecule has 2 nitrogen and oxygen atoms in total. The summed E-state index contributed by atoms with van der Waals surface area (Å²) in [5.74, 6) is -0.515. The molecule has 0 fully saturated rings. The molecule has 1 aromatic heterocycles. The van der Waals surface area contributed by atoms with E-state index in [1.54, 1.807) is 0 Å². The monoisotopic (exact) mass is 256 g/mol. The molecule has 2 aromatic rings. The minimum Gasteiger partial charge on any atom is -0.398 e. The van der Waals surface area contributed by atoms with E-state index in [4.69, 9.17) is 5.73 Å². The van der Waals surface area contributed by atoms with Crippen molar-refractivity contribution in [1.82, 2.24) is 4.98 Å². The van der Waals surface area contributed by atoms with Crippen LogP contribution in [0.3, 0.4) is 0 Å². The second kappa shape index (κ2) is 4.29. The Morgan fingerprint density at radius 2 is 1.78 bits per heavy atom. The first-order valence-electron chi connectivity index (χ1n) is 4.96. The smallest absolute Gasteiger partial charge is 0.398 e. The van der Waals surface area contributed by atoms with E-state index in [1.165, 1.54) is 18.2 Å². The third-order valence-electron chi connectivity index (χ3n) is 2.38. The Morgan fingerprint density at radius 1 is 1.06 bits per heavy atom. The van der Waals surface area contributed by atoms with Gasteiger partial charge in [0.25, 0.3) is 0 Å². The molecule has 0 radical (unpaired) electrons. The first-order valence-corrected chi connectivity index (χ1v) is 4.96. The van der Waals surface area contributed by atoms with Crippen molar-refractivity contribution in [2.24, 2.45) is 0 Å². The van der Waals surface area contributed by atoms with Gasteiger partial charge in [-0.1, -0.05) is 6.07 Å². The fourth-order valence-corrected chi connectivity index (χ4v) is 1.50. The van der Waals surface area contributed by atoms with Gasteiger partial charge < -0.3 is 5.73 Å². The van der Waals surface area contributed by atoms with Crippen LogP contribution in [0.4, 0.5) is 23.2 Å². The Labute approximate surface area is 100 Å². The quantitative estimate of drug-likeness (QED) is 0.626. The number of halogens is 4. The lowest BCUT2D eigenvalue weighted by molar-refractivity contribution is -0.141. The molecule has 1 heterocycles. The largest absolute Gasteiger partial charge is 0.433 e. The summed E-state index contributed by atoms with van der Waals surface area (Å²) in [4.78, 5) is 3.29. The van der Waals surface area contributed by atoms with Crippen molar-refractivity contribution in [2.45, 2.75) is 6.18 Å². The average Bonchev–Trinajstić information content (AvgIpc) is 2.31.